The van der Waals surface area contributed by atoms with Crippen molar-refractivity contribution in [2.24, 2.45) is 0 Å². The molecule has 3 heterocycles. The van der Waals surface area contributed by atoms with E-state index in [0.29, 0.717) is 19.4 Å². The standard InChI is InChI=1S/C18H15N5O2S3/c1-10-11(2)27-17(20-10)21-13(24)8-22-9-19-15-14(16(22)25)28-18(26)23(15)12-6-4-3-5-7-12/h3-7,9H,8H2,1-2H3,(H,20,21,24). The van der Waals surface area contributed by atoms with E-state index in [1.165, 1.54) is 33.6 Å². The van der Waals surface area contributed by atoms with Gasteiger partial charge in [-0.1, -0.05) is 29.5 Å². The van der Waals surface area contributed by atoms with Gasteiger partial charge in [-0.25, -0.2) is 9.97 Å². The van der Waals surface area contributed by atoms with Gasteiger partial charge in [0.05, 0.1) is 5.69 Å². The van der Waals surface area contributed by atoms with Gasteiger partial charge in [-0.2, -0.15) is 0 Å². The number of amides is 1. The molecule has 0 saturated heterocycles. The van der Waals surface area contributed by atoms with Gasteiger partial charge >= 0.3 is 0 Å². The number of para-hydroxylation sites is 1. The Morgan fingerprint density at radius 2 is 1.96 bits per heavy atom. The third-order valence-electron chi connectivity index (χ3n) is 4.16. The second-order valence-corrected chi connectivity index (χ2v) is 8.93. The van der Waals surface area contributed by atoms with Crippen molar-refractivity contribution in [2.75, 3.05) is 5.32 Å². The van der Waals surface area contributed by atoms with Gasteiger partial charge in [-0.3, -0.25) is 18.7 Å². The first-order chi connectivity index (χ1) is 13.4. The van der Waals surface area contributed by atoms with E-state index in [2.05, 4.69) is 15.3 Å². The molecule has 3 aromatic heterocycles. The summed E-state index contributed by atoms with van der Waals surface area (Å²) in [6.07, 6.45) is 1.38. The fraction of sp³-hybridized carbons (Fsp3) is 0.167. The summed E-state index contributed by atoms with van der Waals surface area (Å²) in [5.41, 5.74) is 1.92. The Morgan fingerprint density at radius 3 is 2.64 bits per heavy atom. The third-order valence-corrected chi connectivity index (χ3v) is 6.50. The van der Waals surface area contributed by atoms with Crippen molar-refractivity contribution in [1.29, 1.82) is 0 Å². The van der Waals surface area contributed by atoms with Gasteiger partial charge in [0.1, 0.15) is 17.6 Å². The number of aryl methyl sites for hydroxylation is 2. The SMILES string of the molecule is Cc1nc(NC(=O)Cn2cnc3c(sc(=S)n3-c3ccccc3)c2=O)sc1C. The predicted octanol–water partition coefficient (Wildman–Crippen LogP) is 3.69. The van der Waals surface area contributed by atoms with Crippen LogP contribution in [0.15, 0.2) is 41.5 Å². The zero-order chi connectivity index (χ0) is 19.8. The van der Waals surface area contributed by atoms with Gasteiger partial charge in [0, 0.05) is 10.6 Å². The van der Waals surface area contributed by atoms with E-state index < -0.39 is 0 Å². The second kappa shape index (κ2) is 7.38. The zero-order valence-electron chi connectivity index (χ0n) is 15.0. The minimum absolute atomic E-state index is 0.143. The lowest BCUT2D eigenvalue weighted by Crippen LogP contribution is -2.27. The lowest BCUT2D eigenvalue weighted by molar-refractivity contribution is -0.116. The highest BCUT2D eigenvalue weighted by Gasteiger charge is 2.15. The number of hydrogen-bond acceptors (Lipinski definition) is 7. The van der Waals surface area contributed by atoms with Gasteiger partial charge in [0.25, 0.3) is 5.56 Å². The maximum absolute atomic E-state index is 12.9. The third kappa shape index (κ3) is 3.41. The molecule has 0 radical (unpaired) electrons. The zero-order valence-corrected chi connectivity index (χ0v) is 17.5. The van der Waals surface area contributed by atoms with Gasteiger partial charge in [0.2, 0.25) is 5.91 Å². The molecule has 28 heavy (non-hydrogen) atoms. The van der Waals surface area contributed by atoms with Gasteiger partial charge in [-0.05, 0) is 38.2 Å². The molecule has 7 nitrogen and oxygen atoms in total. The summed E-state index contributed by atoms with van der Waals surface area (Å²) in [7, 11) is 0. The predicted molar refractivity (Wildman–Crippen MR) is 114 cm³/mol. The molecule has 0 atom stereocenters. The number of nitrogens with zero attached hydrogens (tertiary/aromatic N) is 4. The van der Waals surface area contributed by atoms with Crippen molar-refractivity contribution in [1.82, 2.24) is 19.1 Å². The van der Waals surface area contributed by atoms with E-state index in [1.807, 2.05) is 44.2 Å². The summed E-state index contributed by atoms with van der Waals surface area (Å²) in [6, 6.07) is 9.51. The molecule has 142 valence electrons. The highest BCUT2D eigenvalue weighted by molar-refractivity contribution is 7.73. The van der Waals surface area contributed by atoms with Crippen molar-refractivity contribution in [3.8, 4) is 5.69 Å². The minimum atomic E-state index is -0.330. The topological polar surface area (TPSA) is 81.8 Å². The molecule has 10 heteroatoms. The van der Waals surface area contributed by atoms with Crippen LogP contribution in [0.25, 0.3) is 16.0 Å². The first-order valence-corrected chi connectivity index (χ1v) is 10.4. The molecule has 1 N–H and O–H groups in total. The molecule has 0 unspecified atom stereocenters. The van der Waals surface area contributed by atoms with E-state index in [4.69, 9.17) is 12.2 Å². The van der Waals surface area contributed by atoms with Crippen LogP contribution in [0.3, 0.4) is 0 Å². The Morgan fingerprint density at radius 1 is 1.21 bits per heavy atom. The molecule has 0 bridgehead atoms. The number of carbonyl (C=O) groups is 1. The van der Waals surface area contributed by atoms with Crippen molar-refractivity contribution >= 4 is 56.3 Å². The summed E-state index contributed by atoms with van der Waals surface area (Å²) in [5.74, 6) is -0.330. The molecule has 0 saturated carbocycles. The fourth-order valence-corrected chi connectivity index (χ4v) is 4.86. The van der Waals surface area contributed by atoms with Crippen molar-refractivity contribution in [2.45, 2.75) is 20.4 Å². The molecule has 0 aliphatic carbocycles. The van der Waals surface area contributed by atoms with E-state index in [1.54, 1.807) is 4.57 Å². The number of nitrogens with one attached hydrogen (secondary N) is 1. The van der Waals surface area contributed by atoms with Crippen molar-refractivity contribution in [3.63, 3.8) is 0 Å². The van der Waals surface area contributed by atoms with Gasteiger partial charge < -0.3 is 5.32 Å². The van der Waals surface area contributed by atoms with E-state index in [9.17, 15) is 9.59 Å². The molecular weight excluding hydrogens is 414 g/mol. The number of fused-ring (bicyclic) bond motifs is 1. The minimum Gasteiger partial charge on any atom is -0.300 e. The molecule has 0 fully saturated rings. The number of hydrogen-bond donors (Lipinski definition) is 1. The molecule has 0 aliphatic rings. The van der Waals surface area contributed by atoms with Crippen LogP contribution >= 0.6 is 34.9 Å². The molecule has 4 aromatic rings. The highest BCUT2D eigenvalue weighted by atomic mass is 32.1. The second-order valence-electron chi connectivity index (χ2n) is 6.08. The number of aromatic nitrogens is 4. The van der Waals surface area contributed by atoms with Gasteiger partial charge in [0.15, 0.2) is 14.7 Å². The summed E-state index contributed by atoms with van der Waals surface area (Å²) in [6.45, 7) is 3.68. The first kappa shape index (κ1) is 18.7. The number of benzene rings is 1. The van der Waals surface area contributed by atoms with E-state index >= 15 is 0 Å². The first-order valence-electron chi connectivity index (χ1n) is 8.34. The maximum Gasteiger partial charge on any atom is 0.273 e. The lowest BCUT2D eigenvalue weighted by Gasteiger charge is -2.06. The number of carbonyl (C=O) groups excluding carboxylic acids is 1. The van der Waals surface area contributed by atoms with E-state index in [-0.39, 0.29) is 18.0 Å². The molecule has 0 aliphatic heterocycles. The van der Waals surface area contributed by atoms with Crippen LogP contribution in [-0.4, -0.2) is 25.0 Å². The summed E-state index contributed by atoms with van der Waals surface area (Å²) in [4.78, 5) is 34.9. The number of anilines is 1. The van der Waals surface area contributed by atoms with Crippen LogP contribution in [0.5, 0.6) is 0 Å². The van der Waals surface area contributed by atoms with Crippen molar-refractivity contribution < 1.29 is 4.79 Å². The van der Waals surface area contributed by atoms with Crippen molar-refractivity contribution in [3.05, 3.63) is 61.5 Å². The molecule has 4 rings (SSSR count). The smallest absolute Gasteiger partial charge is 0.273 e. The molecular formula is C18H15N5O2S3. The quantitative estimate of drug-likeness (QED) is 0.501. The number of thiazole rings is 2. The Bertz CT molecular complexity index is 1280. The summed E-state index contributed by atoms with van der Waals surface area (Å²) >= 11 is 8.03. The lowest BCUT2D eigenvalue weighted by atomic mass is 10.3. The van der Waals surface area contributed by atoms with Crippen LogP contribution in [0, 0.1) is 17.8 Å². The Balaban J connectivity index is 1.66. The largest absolute Gasteiger partial charge is 0.300 e. The highest BCUT2D eigenvalue weighted by Crippen LogP contribution is 2.23. The van der Waals surface area contributed by atoms with Crippen LogP contribution in [-0.2, 0) is 11.3 Å². The Labute approximate surface area is 172 Å². The number of rotatable bonds is 4. The van der Waals surface area contributed by atoms with Crippen LogP contribution < -0.4 is 10.9 Å². The Hall–Kier alpha value is -2.69. The monoisotopic (exact) mass is 429 g/mol. The normalized spacial score (nSPS) is 11.1. The van der Waals surface area contributed by atoms with Crippen LogP contribution in [0.1, 0.15) is 10.6 Å². The summed E-state index contributed by atoms with van der Waals surface area (Å²) in [5, 5.41) is 3.25. The van der Waals surface area contributed by atoms with Crippen LogP contribution in [0.4, 0.5) is 5.13 Å². The maximum atomic E-state index is 12.9. The molecule has 0 spiro atoms. The van der Waals surface area contributed by atoms with Gasteiger partial charge in [-0.15, -0.1) is 11.3 Å². The average Bonchev–Trinajstić information content (AvgIpc) is 3.17. The Kier molecular flexibility index (Phi) is 4.92. The van der Waals surface area contributed by atoms with E-state index in [0.717, 1.165) is 16.3 Å². The summed E-state index contributed by atoms with van der Waals surface area (Å²) < 4.78 is 4.00. The fourth-order valence-electron chi connectivity index (χ4n) is 2.69. The molecule has 1 amide bonds. The average molecular weight is 430 g/mol. The molecule has 1 aromatic carbocycles. The van der Waals surface area contributed by atoms with Crippen LogP contribution in [0.2, 0.25) is 0 Å².